The normalized spacial score (nSPS) is 18.8. The molecule has 1 aliphatic rings. The number of primary amides is 1. The molecular formula is C13H13F3N2O3. The van der Waals surface area contributed by atoms with Crippen molar-refractivity contribution >= 4 is 17.6 Å². The van der Waals surface area contributed by atoms with Crippen LogP contribution in [0.25, 0.3) is 0 Å². The first-order valence-electron chi connectivity index (χ1n) is 6.22. The van der Waals surface area contributed by atoms with Crippen molar-refractivity contribution in [1.82, 2.24) is 0 Å². The maximum absolute atomic E-state index is 13.1. The van der Waals surface area contributed by atoms with Crippen molar-refractivity contribution in [3.63, 3.8) is 0 Å². The largest absolute Gasteiger partial charge is 0.478 e. The van der Waals surface area contributed by atoms with Crippen molar-refractivity contribution in [2.45, 2.75) is 25.1 Å². The molecule has 21 heavy (non-hydrogen) atoms. The smallest absolute Gasteiger partial charge is 0.418 e. The highest BCUT2D eigenvalue weighted by molar-refractivity contribution is 5.89. The average molecular weight is 302 g/mol. The number of rotatable bonds is 3. The van der Waals surface area contributed by atoms with Gasteiger partial charge >= 0.3 is 12.1 Å². The van der Waals surface area contributed by atoms with Crippen LogP contribution in [0.15, 0.2) is 18.2 Å². The zero-order chi connectivity index (χ0) is 15.8. The van der Waals surface area contributed by atoms with E-state index in [0.29, 0.717) is 18.9 Å². The molecule has 2 rings (SSSR count). The number of carbonyl (C=O) groups excluding carboxylic acids is 1. The van der Waals surface area contributed by atoms with E-state index in [-0.39, 0.29) is 12.2 Å². The van der Waals surface area contributed by atoms with Crippen LogP contribution in [0, 0.1) is 0 Å². The van der Waals surface area contributed by atoms with E-state index in [0.717, 1.165) is 12.1 Å². The summed E-state index contributed by atoms with van der Waals surface area (Å²) in [5.41, 5.74) is 3.46. The predicted octanol–water partition coefficient (Wildman–Crippen LogP) is 1.86. The van der Waals surface area contributed by atoms with Crippen LogP contribution in [0.5, 0.6) is 0 Å². The molecule has 5 nitrogen and oxygen atoms in total. The number of nitrogens with zero attached hydrogens (tertiary/aromatic N) is 1. The summed E-state index contributed by atoms with van der Waals surface area (Å²) in [4.78, 5) is 23.4. The van der Waals surface area contributed by atoms with Crippen molar-refractivity contribution in [3.05, 3.63) is 29.3 Å². The zero-order valence-corrected chi connectivity index (χ0v) is 10.9. The molecule has 0 aliphatic carbocycles. The van der Waals surface area contributed by atoms with Gasteiger partial charge in [0, 0.05) is 12.2 Å². The first-order chi connectivity index (χ1) is 9.71. The van der Waals surface area contributed by atoms with E-state index in [1.54, 1.807) is 0 Å². The Balaban J connectivity index is 2.53. The molecule has 0 spiro atoms. The lowest BCUT2D eigenvalue weighted by Crippen LogP contribution is -2.41. The Labute approximate surface area is 118 Å². The molecule has 1 aliphatic heterocycles. The number of carbonyl (C=O) groups is 2. The number of nitrogens with two attached hydrogens (primary N) is 1. The molecule has 1 aromatic rings. The zero-order valence-electron chi connectivity index (χ0n) is 10.9. The van der Waals surface area contributed by atoms with E-state index in [9.17, 15) is 22.8 Å². The number of halogens is 3. The van der Waals surface area contributed by atoms with Gasteiger partial charge < -0.3 is 15.7 Å². The Kier molecular flexibility index (Phi) is 3.80. The fraction of sp³-hybridized carbons (Fsp3) is 0.385. The third kappa shape index (κ3) is 2.93. The van der Waals surface area contributed by atoms with E-state index >= 15 is 0 Å². The maximum Gasteiger partial charge on any atom is 0.418 e. The SMILES string of the molecule is NC(=O)C1CCCN1c1ccc(C(=O)O)cc1C(F)(F)F. The fourth-order valence-corrected chi connectivity index (χ4v) is 2.50. The molecule has 1 fully saturated rings. The minimum Gasteiger partial charge on any atom is -0.478 e. The second-order valence-electron chi connectivity index (χ2n) is 4.79. The van der Waals surface area contributed by atoms with Gasteiger partial charge in [-0.15, -0.1) is 0 Å². The van der Waals surface area contributed by atoms with Gasteiger partial charge in [-0.25, -0.2) is 4.79 Å². The Morgan fingerprint density at radius 1 is 1.33 bits per heavy atom. The summed E-state index contributed by atoms with van der Waals surface area (Å²) in [6.45, 7) is 0.267. The van der Waals surface area contributed by atoms with Gasteiger partial charge in [-0.2, -0.15) is 13.2 Å². The number of alkyl halides is 3. The van der Waals surface area contributed by atoms with Gasteiger partial charge in [0.15, 0.2) is 0 Å². The monoisotopic (exact) mass is 302 g/mol. The van der Waals surface area contributed by atoms with Gasteiger partial charge in [-0.3, -0.25) is 4.79 Å². The van der Waals surface area contributed by atoms with Crippen LogP contribution >= 0.6 is 0 Å². The first-order valence-corrected chi connectivity index (χ1v) is 6.22. The molecule has 0 radical (unpaired) electrons. The van der Waals surface area contributed by atoms with Crippen LogP contribution < -0.4 is 10.6 Å². The molecule has 1 unspecified atom stereocenters. The second-order valence-corrected chi connectivity index (χ2v) is 4.79. The highest BCUT2D eigenvalue weighted by Crippen LogP contribution is 2.39. The third-order valence-corrected chi connectivity index (χ3v) is 3.44. The molecule has 0 saturated carbocycles. The van der Waals surface area contributed by atoms with Crippen LogP contribution in [0.3, 0.4) is 0 Å². The molecule has 1 saturated heterocycles. The summed E-state index contributed by atoms with van der Waals surface area (Å²) in [5.74, 6) is -2.14. The minimum atomic E-state index is -4.72. The Hall–Kier alpha value is -2.25. The van der Waals surface area contributed by atoms with Crippen LogP contribution in [-0.4, -0.2) is 29.6 Å². The minimum absolute atomic E-state index is 0.214. The number of amides is 1. The summed E-state index contributed by atoms with van der Waals surface area (Å²) in [7, 11) is 0. The molecule has 1 atom stereocenters. The van der Waals surface area contributed by atoms with Gasteiger partial charge in [-0.1, -0.05) is 0 Å². The summed E-state index contributed by atoms with van der Waals surface area (Å²) in [6.07, 6.45) is -3.79. The van der Waals surface area contributed by atoms with Crippen molar-refractivity contribution in [2.24, 2.45) is 5.73 Å². The van der Waals surface area contributed by atoms with Crippen LogP contribution in [0.4, 0.5) is 18.9 Å². The lowest BCUT2D eigenvalue weighted by molar-refractivity contribution is -0.137. The lowest BCUT2D eigenvalue weighted by atomic mass is 10.1. The Morgan fingerprint density at radius 2 is 2.00 bits per heavy atom. The highest BCUT2D eigenvalue weighted by Gasteiger charge is 2.39. The molecule has 1 aromatic carbocycles. The molecule has 0 aromatic heterocycles. The van der Waals surface area contributed by atoms with Gasteiger partial charge in [-0.05, 0) is 31.0 Å². The standard InChI is InChI=1S/C13H13F3N2O3/c14-13(15,16)8-6-7(12(20)21)3-4-9(8)18-5-1-2-10(18)11(17)19/h3-4,6,10H,1-2,5H2,(H2,17,19)(H,20,21). The summed E-state index contributed by atoms with van der Waals surface area (Å²) >= 11 is 0. The van der Waals surface area contributed by atoms with Gasteiger partial charge in [0.05, 0.1) is 11.1 Å². The molecule has 1 amide bonds. The van der Waals surface area contributed by atoms with E-state index < -0.39 is 35.2 Å². The second kappa shape index (κ2) is 5.27. The number of hydrogen-bond acceptors (Lipinski definition) is 3. The molecular weight excluding hydrogens is 289 g/mol. The van der Waals surface area contributed by atoms with E-state index in [4.69, 9.17) is 10.8 Å². The summed E-state index contributed by atoms with van der Waals surface area (Å²) in [5, 5.41) is 8.82. The molecule has 8 heteroatoms. The Bertz CT molecular complexity index is 587. The van der Waals surface area contributed by atoms with Gasteiger partial charge in [0.2, 0.25) is 5.91 Å². The molecule has 3 N–H and O–H groups in total. The molecule has 1 heterocycles. The maximum atomic E-state index is 13.1. The predicted molar refractivity (Wildman–Crippen MR) is 68.0 cm³/mol. The third-order valence-electron chi connectivity index (χ3n) is 3.44. The van der Waals surface area contributed by atoms with Crippen molar-refractivity contribution in [3.8, 4) is 0 Å². The molecule has 0 bridgehead atoms. The number of carboxylic acid groups (broad SMARTS) is 1. The number of aromatic carboxylic acids is 1. The van der Waals surface area contributed by atoms with E-state index in [1.165, 1.54) is 4.90 Å². The van der Waals surface area contributed by atoms with Crippen molar-refractivity contribution in [1.29, 1.82) is 0 Å². The Morgan fingerprint density at radius 3 is 2.52 bits per heavy atom. The van der Waals surface area contributed by atoms with E-state index in [2.05, 4.69) is 0 Å². The first kappa shape index (κ1) is 15.1. The lowest BCUT2D eigenvalue weighted by Gasteiger charge is -2.27. The topological polar surface area (TPSA) is 83.6 Å². The van der Waals surface area contributed by atoms with Crippen LogP contribution in [0.2, 0.25) is 0 Å². The number of carboxylic acids is 1. The van der Waals surface area contributed by atoms with Crippen LogP contribution in [0.1, 0.15) is 28.8 Å². The van der Waals surface area contributed by atoms with Crippen molar-refractivity contribution in [2.75, 3.05) is 11.4 Å². The van der Waals surface area contributed by atoms with Crippen LogP contribution in [-0.2, 0) is 11.0 Å². The van der Waals surface area contributed by atoms with Crippen molar-refractivity contribution < 1.29 is 27.9 Å². The number of anilines is 1. The number of benzene rings is 1. The summed E-state index contributed by atoms with van der Waals surface area (Å²) < 4.78 is 39.4. The number of hydrogen-bond donors (Lipinski definition) is 2. The van der Waals surface area contributed by atoms with Gasteiger partial charge in [0.25, 0.3) is 0 Å². The fourth-order valence-electron chi connectivity index (χ4n) is 2.50. The quantitative estimate of drug-likeness (QED) is 0.892. The summed E-state index contributed by atoms with van der Waals surface area (Å²) in [6, 6.07) is 1.94. The van der Waals surface area contributed by atoms with Gasteiger partial charge in [0.1, 0.15) is 6.04 Å². The molecule has 114 valence electrons. The average Bonchev–Trinajstić information content (AvgIpc) is 2.86. The van der Waals surface area contributed by atoms with E-state index in [1.807, 2.05) is 0 Å². The highest BCUT2D eigenvalue weighted by atomic mass is 19.4.